The van der Waals surface area contributed by atoms with E-state index in [1.54, 1.807) is 0 Å². The molecule has 0 amide bonds. The number of unbranched alkanes of at least 4 members (excludes halogenated alkanes) is 1. The van der Waals surface area contributed by atoms with Gasteiger partial charge in [-0.05, 0) is 30.5 Å². The van der Waals surface area contributed by atoms with Crippen molar-refractivity contribution < 1.29 is 5.11 Å². The third-order valence-electron chi connectivity index (χ3n) is 2.98. The first-order valence-electron chi connectivity index (χ1n) is 5.42. The van der Waals surface area contributed by atoms with Crippen molar-refractivity contribution in [3.63, 3.8) is 0 Å². The molecule has 3 heteroatoms. The van der Waals surface area contributed by atoms with Gasteiger partial charge in [0.05, 0.1) is 0 Å². The van der Waals surface area contributed by atoms with Crippen LogP contribution in [0.1, 0.15) is 37.3 Å². The van der Waals surface area contributed by atoms with Gasteiger partial charge >= 0.3 is 0 Å². The Bertz CT molecular complexity index is 367. The number of aliphatic hydroxyl groups is 1. The molecule has 1 atom stereocenters. The van der Waals surface area contributed by atoms with E-state index in [2.05, 4.69) is 12.2 Å². The number of rotatable bonds is 3. The van der Waals surface area contributed by atoms with E-state index in [9.17, 15) is 5.11 Å². The zero-order valence-corrected chi connectivity index (χ0v) is 9.64. The fourth-order valence-corrected chi connectivity index (χ4v) is 2.30. The average molecular weight is 226 g/mol. The van der Waals surface area contributed by atoms with E-state index >= 15 is 0 Å². The smallest absolute Gasteiger partial charge is 0.142 e. The summed E-state index contributed by atoms with van der Waals surface area (Å²) in [6.07, 6.45) is 2.87. The second-order valence-electron chi connectivity index (χ2n) is 4.12. The Balaban J connectivity index is 2.27. The van der Waals surface area contributed by atoms with Gasteiger partial charge in [-0.25, -0.2) is 0 Å². The van der Waals surface area contributed by atoms with E-state index in [0.717, 1.165) is 35.4 Å². The van der Waals surface area contributed by atoms with E-state index in [1.807, 2.05) is 18.2 Å². The number of hydrogen-bond acceptors (Lipinski definition) is 2. The minimum Gasteiger partial charge on any atom is -0.372 e. The van der Waals surface area contributed by atoms with Crippen molar-refractivity contribution in [3.8, 4) is 0 Å². The summed E-state index contributed by atoms with van der Waals surface area (Å²) in [6.45, 7) is 2.83. The summed E-state index contributed by atoms with van der Waals surface area (Å²) in [5, 5.41) is 14.3. The van der Waals surface area contributed by atoms with Gasteiger partial charge in [-0.2, -0.15) is 0 Å². The summed E-state index contributed by atoms with van der Waals surface area (Å²) in [7, 11) is 0. The zero-order chi connectivity index (χ0) is 10.9. The number of benzene rings is 1. The molecule has 15 heavy (non-hydrogen) atoms. The van der Waals surface area contributed by atoms with Crippen LogP contribution in [0.3, 0.4) is 0 Å². The van der Waals surface area contributed by atoms with Crippen molar-refractivity contribution in [2.75, 3.05) is 0 Å². The largest absolute Gasteiger partial charge is 0.372 e. The fourth-order valence-electron chi connectivity index (χ4n) is 2.10. The molecule has 1 aromatic rings. The molecule has 0 spiro atoms. The summed E-state index contributed by atoms with van der Waals surface area (Å²) >= 11 is 5.91. The van der Waals surface area contributed by atoms with Gasteiger partial charge in [0, 0.05) is 17.1 Å². The molecule has 2 nitrogen and oxygen atoms in total. The third-order valence-corrected chi connectivity index (χ3v) is 3.21. The SMILES string of the molecule is CCCCC1(O)NCc2cc(Cl)ccc21. The highest BCUT2D eigenvalue weighted by molar-refractivity contribution is 6.30. The predicted octanol–water partition coefficient (Wildman–Crippen LogP) is 2.78. The van der Waals surface area contributed by atoms with Crippen molar-refractivity contribution in [1.29, 1.82) is 0 Å². The molecule has 2 rings (SSSR count). The second-order valence-corrected chi connectivity index (χ2v) is 4.56. The van der Waals surface area contributed by atoms with E-state index in [1.165, 1.54) is 0 Å². The molecule has 0 saturated heterocycles. The average Bonchev–Trinajstić information content (AvgIpc) is 2.54. The van der Waals surface area contributed by atoms with Gasteiger partial charge in [-0.1, -0.05) is 31.0 Å². The summed E-state index contributed by atoms with van der Waals surface area (Å²) < 4.78 is 0. The van der Waals surface area contributed by atoms with Crippen LogP contribution in [0.5, 0.6) is 0 Å². The number of fused-ring (bicyclic) bond motifs is 1. The molecule has 0 aromatic heterocycles. The van der Waals surface area contributed by atoms with Crippen LogP contribution in [0.25, 0.3) is 0 Å². The molecule has 0 fully saturated rings. The first kappa shape index (κ1) is 10.9. The van der Waals surface area contributed by atoms with Crippen molar-refractivity contribution in [1.82, 2.24) is 5.32 Å². The Kier molecular flexibility index (Phi) is 3.01. The monoisotopic (exact) mass is 225 g/mol. The van der Waals surface area contributed by atoms with Gasteiger partial charge in [0.2, 0.25) is 0 Å². The van der Waals surface area contributed by atoms with E-state index < -0.39 is 5.72 Å². The summed E-state index contributed by atoms with van der Waals surface area (Å²) in [4.78, 5) is 0. The maximum absolute atomic E-state index is 10.4. The van der Waals surface area contributed by atoms with Crippen molar-refractivity contribution >= 4 is 11.6 Å². The highest BCUT2D eigenvalue weighted by atomic mass is 35.5. The third kappa shape index (κ3) is 2.03. The van der Waals surface area contributed by atoms with Crippen LogP contribution in [-0.2, 0) is 12.3 Å². The van der Waals surface area contributed by atoms with Crippen LogP contribution >= 0.6 is 11.6 Å². The topological polar surface area (TPSA) is 32.3 Å². The van der Waals surface area contributed by atoms with Crippen molar-refractivity contribution in [3.05, 3.63) is 34.3 Å². The lowest BCUT2D eigenvalue weighted by Gasteiger charge is -2.24. The lowest BCUT2D eigenvalue weighted by atomic mass is 9.97. The molecule has 0 aliphatic carbocycles. The first-order chi connectivity index (χ1) is 7.15. The molecule has 0 bridgehead atoms. The van der Waals surface area contributed by atoms with Crippen LogP contribution in [0.15, 0.2) is 18.2 Å². The van der Waals surface area contributed by atoms with Crippen LogP contribution in [0.2, 0.25) is 5.02 Å². The predicted molar refractivity (Wildman–Crippen MR) is 61.7 cm³/mol. The quantitative estimate of drug-likeness (QED) is 0.829. The molecular formula is C12H16ClNO. The maximum Gasteiger partial charge on any atom is 0.142 e. The molecule has 82 valence electrons. The highest BCUT2D eigenvalue weighted by Gasteiger charge is 2.35. The van der Waals surface area contributed by atoms with Crippen LogP contribution in [0, 0.1) is 0 Å². The standard InChI is InChI=1S/C12H16ClNO/c1-2-3-6-12(15)11-5-4-10(13)7-9(11)8-14-12/h4-5,7,14-15H,2-3,6,8H2,1H3. The van der Waals surface area contributed by atoms with Gasteiger partial charge in [-0.15, -0.1) is 0 Å². The minimum atomic E-state index is -0.837. The highest BCUT2D eigenvalue weighted by Crippen LogP contribution is 2.34. The Morgan fingerprint density at radius 2 is 2.33 bits per heavy atom. The number of halogens is 1. The van der Waals surface area contributed by atoms with E-state index in [-0.39, 0.29) is 0 Å². The second kappa shape index (κ2) is 4.12. The summed E-state index contributed by atoms with van der Waals surface area (Å²) in [5.41, 5.74) is 1.26. The molecule has 1 unspecified atom stereocenters. The van der Waals surface area contributed by atoms with Gasteiger partial charge < -0.3 is 5.11 Å². The summed E-state index contributed by atoms with van der Waals surface area (Å²) in [6, 6.07) is 5.69. The molecule has 1 aromatic carbocycles. The first-order valence-corrected chi connectivity index (χ1v) is 5.80. The molecule has 1 aliphatic rings. The minimum absolute atomic E-state index is 0.704. The lowest BCUT2D eigenvalue weighted by Crippen LogP contribution is -2.36. The van der Waals surface area contributed by atoms with Gasteiger partial charge in [0.1, 0.15) is 5.72 Å². The molecule has 1 aliphatic heterocycles. The normalized spacial score (nSPS) is 24.2. The molecule has 0 saturated carbocycles. The Hall–Kier alpha value is -0.570. The molecule has 0 radical (unpaired) electrons. The van der Waals surface area contributed by atoms with Crippen LogP contribution in [0.4, 0.5) is 0 Å². The summed E-state index contributed by atoms with van der Waals surface area (Å²) in [5.74, 6) is 0. The zero-order valence-electron chi connectivity index (χ0n) is 8.89. The number of nitrogens with one attached hydrogen (secondary N) is 1. The van der Waals surface area contributed by atoms with Crippen LogP contribution in [-0.4, -0.2) is 5.11 Å². The fraction of sp³-hybridized carbons (Fsp3) is 0.500. The van der Waals surface area contributed by atoms with Crippen LogP contribution < -0.4 is 5.32 Å². The molecule has 2 N–H and O–H groups in total. The molecule has 1 heterocycles. The van der Waals surface area contributed by atoms with Gasteiger partial charge in [-0.3, -0.25) is 5.32 Å². The van der Waals surface area contributed by atoms with Gasteiger partial charge in [0.15, 0.2) is 0 Å². The molecular weight excluding hydrogens is 210 g/mol. The lowest BCUT2D eigenvalue weighted by molar-refractivity contribution is 0.0000415. The Morgan fingerprint density at radius 1 is 1.53 bits per heavy atom. The maximum atomic E-state index is 10.4. The van der Waals surface area contributed by atoms with E-state index in [4.69, 9.17) is 11.6 Å². The number of hydrogen-bond donors (Lipinski definition) is 2. The van der Waals surface area contributed by atoms with E-state index in [0.29, 0.717) is 6.54 Å². The Labute approximate surface area is 95.3 Å². The van der Waals surface area contributed by atoms with Crippen molar-refractivity contribution in [2.24, 2.45) is 0 Å². The van der Waals surface area contributed by atoms with Crippen molar-refractivity contribution in [2.45, 2.75) is 38.5 Å². The van der Waals surface area contributed by atoms with Gasteiger partial charge in [0.25, 0.3) is 0 Å². The Morgan fingerprint density at radius 3 is 3.07 bits per heavy atom.